The van der Waals surface area contributed by atoms with Crippen molar-refractivity contribution >= 4 is 17.0 Å². The van der Waals surface area contributed by atoms with Crippen molar-refractivity contribution < 1.29 is 4.74 Å². The van der Waals surface area contributed by atoms with E-state index in [0.717, 1.165) is 10.6 Å². The molecule has 1 aromatic heterocycles. The molecular weight excluding hydrogens is 208 g/mol. The Bertz CT molecular complexity index is 479. The van der Waals surface area contributed by atoms with Crippen LogP contribution in [0.3, 0.4) is 0 Å². The van der Waals surface area contributed by atoms with Crippen LogP contribution in [0.4, 0.5) is 5.69 Å². The molecule has 4 heteroatoms. The maximum Gasteiger partial charge on any atom is 0.151 e. The summed E-state index contributed by atoms with van der Waals surface area (Å²) in [5.41, 5.74) is 7.42. The van der Waals surface area contributed by atoms with E-state index in [9.17, 15) is 0 Å². The summed E-state index contributed by atoms with van der Waals surface area (Å²) in [7, 11) is 1.62. The number of nitrogens with two attached hydrogens (primary N) is 1. The average Bonchev–Trinajstić information content (AvgIpc) is 2.64. The van der Waals surface area contributed by atoms with Crippen molar-refractivity contribution in [3.05, 3.63) is 29.3 Å². The number of nitrogen functional groups attached to an aromatic ring is 1. The largest absolute Gasteiger partial charge is 0.494 e. The van der Waals surface area contributed by atoms with E-state index < -0.39 is 0 Å². The molecule has 0 radical (unpaired) electrons. The van der Waals surface area contributed by atoms with Crippen LogP contribution in [-0.2, 0) is 0 Å². The van der Waals surface area contributed by atoms with Crippen LogP contribution in [0.1, 0.15) is 4.88 Å². The summed E-state index contributed by atoms with van der Waals surface area (Å²) in [6, 6.07) is 5.69. The first-order valence-electron chi connectivity index (χ1n) is 4.57. The van der Waals surface area contributed by atoms with Gasteiger partial charge in [-0.1, -0.05) is 6.07 Å². The average molecular weight is 220 g/mol. The second-order valence-corrected chi connectivity index (χ2v) is 4.44. The first-order chi connectivity index (χ1) is 7.22. The number of benzene rings is 1. The first kappa shape index (κ1) is 9.98. The summed E-state index contributed by atoms with van der Waals surface area (Å²) in [4.78, 5) is 5.49. The van der Waals surface area contributed by atoms with Crippen LogP contribution >= 0.6 is 11.3 Å². The van der Waals surface area contributed by atoms with Crippen LogP contribution in [0.25, 0.3) is 10.6 Å². The fourth-order valence-electron chi connectivity index (χ4n) is 1.43. The van der Waals surface area contributed by atoms with Crippen molar-refractivity contribution in [3.63, 3.8) is 0 Å². The molecule has 0 bridgehead atoms. The van der Waals surface area contributed by atoms with Crippen molar-refractivity contribution in [2.75, 3.05) is 12.8 Å². The number of nitrogens with zero attached hydrogens (tertiary/aromatic N) is 1. The van der Waals surface area contributed by atoms with Gasteiger partial charge in [0.25, 0.3) is 0 Å². The van der Waals surface area contributed by atoms with E-state index in [1.165, 1.54) is 4.88 Å². The third-order valence-electron chi connectivity index (χ3n) is 2.10. The zero-order valence-electron chi connectivity index (χ0n) is 8.65. The summed E-state index contributed by atoms with van der Waals surface area (Å²) in [5.74, 6) is 0.701. The summed E-state index contributed by atoms with van der Waals surface area (Å²) in [6.45, 7) is 2.03. The Labute approximate surface area is 92.5 Å². The van der Waals surface area contributed by atoms with E-state index in [-0.39, 0.29) is 0 Å². The highest BCUT2D eigenvalue weighted by Crippen LogP contribution is 2.36. The molecule has 0 spiro atoms. The van der Waals surface area contributed by atoms with Crippen LogP contribution in [0.2, 0.25) is 0 Å². The molecular formula is C11H12N2OS. The van der Waals surface area contributed by atoms with E-state index in [0.29, 0.717) is 11.4 Å². The van der Waals surface area contributed by atoms with Gasteiger partial charge < -0.3 is 10.5 Å². The Balaban J connectivity index is 2.57. The zero-order valence-corrected chi connectivity index (χ0v) is 9.47. The number of hydrogen-bond donors (Lipinski definition) is 1. The zero-order chi connectivity index (χ0) is 10.8. The van der Waals surface area contributed by atoms with Crippen molar-refractivity contribution in [3.8, 4) is 16.3 Å². The van der Waals surface area contributed by atoms with E-state index >= 15 is 0 Å². The molecule has 0 saturated carbocycles. The monoisotopic (exact) mass is 220 g/mol. The number of ether oxygens (including phenoxy) is 1. The Morgan fingerprint density at radius 2 is 2.20 bits per heavy atom. The molecule has 2 aromatic rings. The minimum atomic E-state index is 0.642. The van der Waals surface area contributed by atoms with Gasteiger partial charge >= 0.3 is 0 Å². The molecule has 15 heavy (non-hydrogen) atoms. The fraction of sp³-hybridized carbons (Fsp3) is 0.182. The lowest BCUT2D eigenvalue weighted by molar-refractivity contribution is 0.418. The van der Waals surface area contributed by atoms with Gasteiger partial charge in [-0.05, 0) is 19.1 Å². The maximum atomic E-state index is 5.83. The number of hydrogen-bond acceptors (Lipinski definition) is 4. The minimum absolute atomic E-state index is 0.642. The highest BCUT2D eigenvalue weighted by Gasteiger charge is 2.11. The summed E-state index contributed by atoms with van der Waals surface area (Å²) < 4.78 is 5.28. The van der Waals surface area contributed by atoms with Gasteiger partial charge in [-0.25, -0.2) is 4.98 Å². The molecule has 3 nitrogen and oxygen atoms in total. The normalized spacial score (nSPS) is 10.3. The van der Waals surface area contributed by atoms with Gasteiger partial charge in [0.05, 0.1) is 18.4 Å². The smallest absolute Gasteiger partial charge is 0.151 e. The molecule has 0 aliphatic rings. The maximum absolute atomic E-state index is 5.83. The van der Waals surface area contributed by atoms with Gasteiger partial charge in [0.1, 0.15) is 5.01 Å². The molecule has 0 aliphatic heterocycles. The molecule has 0 fully saturated rings. The molecule has 2 rings (SSSR count). The van der Waals surface area contributed by atoms with Gasteiger partial charge in [0.15, 0.2) is 5.75 Å². The predicted molar refractivity (Wildman–Crippen MR) is 63.3 cm³/mol. The summed E-state index contributed by atoms with van der Waals surface area (Å²) in [5, 5.41) is 0.941. The number of aryl methyl sites for hydroxylation is 1. The second kappa shape index (κ2) is 3.90. The lowest BCUT2D eigenvalue weighted by atomic mass is 10.2. The summed E-state index contributed by atoms with van der Waals surface area (Å²) >= 11 is 1.63. The van der Waals surface area contributed by atoms with Gasteiger partial charge in [-0.15, -0.1) is 11.3 Å². The molecule has 0 aliphatic carbocycles. The van der Waals surface area contributed by atoms with E-state index in [1.807, 2.05) is 31.3 Å². The lowest BCUT2D eigenvalue weighted by Gasteiger charge is -2.08. The minimum Gasteiger partial charge on any atom is -0.494 e. The molecule has 0 atom stereocenters. The molecule has 0 amide bonds. The van der Waals surface area contributed by atoms with Crippen LogP contribution in [0.15, 0.2) is 24.4 Å². The van der Waals surface area contributed by atoms with Crippen LogP contribution in [0.5, 0.6) is 5.75 Å². The quantitative estimate of drug-likeness (QED) is 0.791. The van der Waals surface area contributed by atoms with Crippen LogP contribution < -0.4 is 10.5 Å². The van der Waals surface area contributed by atoms with Crippen molar-refractivity contribution in [2.45, 2.75) is 6.92 Å². The topological polar surface area (TPSA) is 48.1 Å². The molecule has 78 valence electrons. The van der Waals surface area contributed by atoms with Crippen molar-refractivity contribution in [2.24, 2.45) is 0 Å². The van der Waals surface area contributed by atoms with Gasteiger partial charge in [0, 0.05) is 11.1 Å². The first-order valence-corrected chi connectivity index (χ1v) is 5.39. The van der Waals surface area contributed by atoms with Gasteiger partial charge in [-0.3, -0.25) is 0 Å². The molecule has 0 unspecified atom stereocenters. The molecule has 2 N–H and O–H groups in total. The fourth-order valence-corrected chi connectivity index (χ4v) is 2.22. The Hall–Kier alpha value is -1.55. The number of thiazole rings is 1. The standard InChI is InChI=1S/C11H12N2OS/c1-7-6-13-11(15-7)8-4-3-5-9(12)10(8)14-2/h3-6H,12H2,1-2H3. The third-order valence-corrected chi connectivity index (χ3v) is 3.05. The second-order valence-electron chi connectivity index (χ2n) is 3.20. The van der Waals surface area contributed by atoms with E-state index in [2.05, 4.69) is 4.98 Å². The number of rotatable bonds is 2. The lowest BCUT2D eigenvalue weighted by Crippen LogP contribution is -1.94. The Morgan fingerprint density at radius 3 is 2.80 bits per heavy atom. The predicted octanol–water partition coefficient (Wildman–Crippen LogP) is 2.71. The SMILES string of the molecule is COc1c(N)cccc1-c1ncc(C)s1. The number of methoxy groups -OCH3 is 1. The number of para-hydroxylation sites is 1. The highest BCUT2D eigenvalue weighted by atomic mass is 32.1. The molecule has 1 aromatic carbocycles. The summed E-state index contributed by atoms with van der Waals surface area (Å²) in [6.07, 6.45) is 1.85. The molecule has 0 saturated heterocycles. The van der Waals surface area contributed by atoms with E-state index in [4.69, 9.17) is 10.5 Å². The molecule has 1 heterocycles. The Kier molecular flexibility index (Phi) is 2.60. The van der Waals surface area contributed by atoms with Crippen LogP contribution in [-0.4, -0.2) is 12.1 Å². The highest BCUT2D eigenvalue weighted by molar-refractivity contribution is 7.15. The number of aromatic nitrogens is 1. The van der Waals surface area contributed by atoms with Gasteiger partial charge in [-0.2, -0.15) is 0 Å². The van der Waals surface area contributed by atoms with Gasteiger partial charge in [0.2, 0.25) is 0 Å². The van der Waals surface area contributed by atoms with Crippen molar-refractivity contribution in [1.29, 1.82) is 0 Å². The van der Waals surface area contributed by atoms with E-state index in [1.54, 1.807) is 18.4 Å². The van der Waals surface area contributed by atoms with Crippen molar-refractivity contribution in [1.82, 2.24) is 4.98 Å². The Morgan fingerprint density at radius 1 is 1.40 bits per heavy atom. The third kappa shape index (κ3) is 1.80. The van der Waals surface area contributed by atoms with Crippen LogP contribution in [0, 0.1) is 6.92 Å². The number of anilines is 1.